The van der Waals surface area contributed by atoms with Gasteiger partial charge < -0.3 is 4.74 Å². The second kappa shape index (κ2) is 8.29. The van der Waals surface area contributed by atoms with Crippen molar-refractivity contribution in [3.63, 3.8) is 0 Å². The largest absolute Gasteiger partial charge is 0.378 e. The molecule has 0 bridgehead atoms. The molecule has 2 unspecified atom stereocenters. The number of hydrogen-bond donors (Lipinski definition) is 0. The molecule has 2 aliphatic rings. The summed E-state index contributed by atoms with van der Waals surface area (Å²) in [4.78, 5) is 0. The fourth-order valence-corrected chi connectivity index (χ4v) is 4.44. The van der Waals surface area contributed by atoms with Crippen molar-refractivity contribution in [2.24, 2.45) is 17.8 Å². The van der Waals surface area contributed by atoms with Crippen molar-refractivity contribution in [3.05, 3.63) is 0 Å². The fourth-order valence-electron chi connectivity index (χ4n) is 4.44. The van der Waals surface area contributed by atoms with Crippen LogP contribution >= 0.6 is 0 Å². The Kier molecular flexibility index (Phi) is 6.70. The van der Waals surface area contributed by atoms with Crippen molar-refractivity contribution >= 4 is 0 Å². The summed E-state index contributed by atoms with van der Waals surface area (Å²) in [6.07, 6.45) is 16.5. The third kappa shape index (κ3) is 4.77. The third-order valence-electron chi connectivity index (χ3n) is 5.59. The molecule has 0 heterocycles. The van der Waals surface area contributed by atoms with Crippen molar-refractivity contribution in [1.82, 2.24) is 0 Å². The first-order valence-electron chi connectivity index (χ1n) is 8.95. The quantitative estimate of drug-likeness (QED) is 0.610. The number of ether oxygens (including phenoxy) is 1. The van der Waals surface area contributed by atoms with Crippen LogP contribution in [0.1, 0.15) is 84.5 Å². The van der Waals surface area contributed by atoms with E-state index in [2.05, 4.69) is 13.8 Å². The Morgan fingerprint density at radius 1 is 0.895 bits per heavy atom. The molecule has 0 spiro atoms. The second-order valence-corrected chi connectivity index (χ2v) is 6.93. The Hall–Kier alpha value is -0.0400. The maximum atomic E-state index is 5.88. The molecule has 2 aliphatic carbocycles. The molecule has 2 fully saturated rings. The van der Waals surface area contributed by atoms with Gasteiger partial charge in [-0.3, -0.25) is 0 Å². The molecule has 1 heteroatoms. The van der Waals surface area contributed by atoms with Crippen LogP contribution in [0.15, 0.2) is 0 Å². The molecule has 2 saturated carbocycles. The van der Waals surface area contributed by atoms with E-state index in [1.165, 1.54) is 70.6 Å². The monoisotopic (exact) mass is 266 g/mol. The minimum absolute atomic E-state index is 0.585. The molecule has 0 radical (unpaired) electrons. The number of unbranched alkanes of at least 4 members (excludes halogenated alkanes) is 1. The summed E-state index contributed by atoms with van der Waals surface area (Å²) >= 11 is 0. The summed E-state index contributed by atoms with van der Waals surface area (Å²) in [7, 11) is 0. The topological polar surface area (TPSA) is 9.23 Å². The van der Waals surface area contributed by atoms with Crippen LogP contribution in [0.5, 0.6) is 0 Å². The normalized spacial score (nSPS) is 36.3. The SMILES string of the molecule is CCCCC1CCC(C2CCCC(OCC)C2)CC1. The molecular weight excluding hydrogens is 232 g/mol. The van der Waals surface area contributed by atoms with Crippen LogP contribution in [0.3, 0.4) is 0 Å². The van der Waals surface area contributed by atoms with E-state index in [1.54, 1.807) is 0 Å². The van der Waals surface area contributed by atoms with Gasteiger partial charge in [-0.05, 0) is 56.8 Å². The van der Waals surface area contributed by atoms with E-state index >= 15 is 0 Å². The average molecular weight is 266 g/mol. The summed E-state index contributed by atoms with van der Waals surface area (Å²) in [6, 6.07) is 0. The lowest BCUT2D eigenvalue weighted by Gasteiger charge is -2.38. The molecule has 0 N–H and O–H groups in total. The average Bonchev–Trinajstić information content (AvgIpc) is 2.46. The van der Waals surface area contributed by atoms with Gasteiger partial charge in [-0.2, -0.15) is 0 Å². The molecule has 0 saturated heterocycles. The van der Waals surface area contributed by atoms with Gasteiger partial charge in [0.15, 0.2) is 0 Å². The lowest BCUT2D eigenvalue weighted by Crippen LogP contribution is -2.30. The molecule has 0 aromatic carbocycles. The highest BCUT2D eigenvalue weighted by molar-refractivity contribution is 4.82. The van der Waals surface area contributed by atoms with Gasteiger partial charge >= 0.3 is 0 Å². The second-order valence-electron chi connectivity index (χ2n) is 6.93. The van der Waals surface area contributed by atoms with Crippen molar-refractivity contribution in [2.45, 2.75) is 90.6 Å². The molecule has 19 heavy (non-hydrogen) atoms. The van der Waals surface area contributed by atoms with Gasteiger partial charge in [0.05, 0.1) is 6.10 Å². The highest BCUT2D eigenvalue weighted by atomic mass is 16.5. The third-order valence-corrected chi connectivity index (χ3v) is 5.59. The van der Waals surface area contributed by atoms with Crippen molar-refractivity contribution in [1.29, 1.82) is 0 Å². The maximum absolute atomic E-state index is 5.88. The molecular formula is C18H34O. The Balaban J connectivity index is 1.71. The van der Waals surface area contributed by atoms with Gasteiger partial charge in [-0.15, -0.1) is 0 Å². The first-order chi connectivity index (χ1) is 9.33. The van der Waals surface area contributed by atoms with Crippen molar-refractivity contribution in [3.8, 4) is 0 Å². The van der Waals surface area contributed by atoms with Gasteiger partial charge in [0, 0.05) is 6.61 Å². The molecule has 0 amide bonds. The van der Waals surface area contributed by atoms with E-state index in [-0.39, 0.29) is 0 Å². The van der Waals surface area contributed by atoms with Crippen LogP contribution in [-0.2, 0) is 4.74 Å². The first-order valence-corrected chi connectivity index (χ1v) is 8.95. The Morgan fingerprint density at radius 3 is 2.37 bits per heavy atom. The molecule has 2 atom stereocenters. The summed E-state index contributed by atoms with van der Waals surface area (Å²) in [5, 5.41) is 0. The van der Waals surface area contributed by atoms with Crippen LogP contribution in [0.25, 0.3) is 0 Å². The minimum Gasteiger partial charge on any atom is -0.378 e. The summed E-state index contributed by atoms with van der Waals surface area (Å²) < 4.78 is 5.88. The first kappa shape index (κ1) is 15.4. The van der Waals surface area contributed by atoms with E-state index in [0.717, 1.165) is 24.4 Å². The van der Waals surface area contributed by atoms with Crippen LogP contribution in [0.4, 0.5) is 0 Å². The van der Waals surface area contributed by atoms with Crippen molar-refractivity contribution < 1.29 is 4.74 Å². The highest BCUT2D eigenvalue weighted by Crippen LogP contribution is 2.41. The molecule has 1 nitrogen and oxygen atoms in total. The molecule has 2 rings (SSSR count). The summed E-state index contributed by atoms with van der Waals surface area (Å²) in [5.74, 6) is 3.07. The zero-order valence-corrected chi connectivity index (χ0v) is 13.2. The van der Waals surface area contributed by atoms with Gasteiger partial charge in [0.1, 0.15) is 0 Å². The van der Waals surface area contributed by atoms with E-state index in [0.29, 0.717) is 6.10 Å². The fraction of sp³-hybridized carbons (Fsp3) is 1.00. The van der Waals surface area contributed by atoms with E-state index in [1.807, 2.05) is 0 Å². The van der Waals surface area contributed by atoms with Crippen molar-refractivity contribution in [2.75, 3.05) is 6.61 Å². The molecule has 0 aromatic rings. The smallest absolute Gasteiger partial charge is 0.0577 e. The summed E-state index contributed by atoms with van der Waals surface area (Å²) in [6.45, 7) is 5.37. The predicted molar refractivity (Wildman–Crippen MR) is 82.3 cm³/mol. The predicted octanol–water partition coefficient (Wildman–Crippen LogP) is 5.58. The van der Waals surface area contributed by atoms with Gasteiger partial charge in [0.2, 0.25) is 0 Å². The minimum atomic E-state index is 0.585. The standard InChI is InChI=1S/C18H34O/c1-3-5-7-15-10-12-16(13-11-15)17-8-6-9-18(14-17)19-4-2/h15-18H,3-14H2,1-2H3. The zero-order valence-electron chi connectivity index (χ0n) is 13.2. The van der Waals surface area contributed by atoms with E-state index in [9.17, 15) is 0 Å². The highest BCUT2D eigenvalue weighted by Gasteiger charge is 2.31. The zero-order chi connectivity index (χ0) is 13.5. The Labute approximate surface area is 120 Å². The molecule has 0 aromatic heterocycles. The number of rotatable bonds is 6. The Bertz CT molecular complexity index is 228. The molecule has 0 aliphatic heterocycles. The maximum Gasteiger partial charge on any atom is 0.0577 e. The number of hydrogen-bond acceptors (Lipinski definition) is 1. The van der Waals surface area contributed by atoms with Gasteiger partial charge in [0.25, 0.3) is 0 Å². The molecule has 112 valence electrons. The van der Waals surface area contributed by atoms with Crippen LogP contribution < -0.4 is 0 Å². The van der Waals surface area contributed by atoms with Gasteiger partial charge in [-0.1, -0.05) is 45.4 Å². The van der Waals surface area contributed by atoms with E-state index < -0.39 is 0 Å². The van der Waals surface area contributed by atoms with Gasteiger partial charge in [-0.25, -0.2) is 0 Å². The lowest BCUT2D eigenvalue weighted by atomic mass is 9.70. The van der Waals surface area contributed by atoms with Crippen LogP contribution in [0.2, 0.25) is 0 Å². The Morgan fingerprint density at radius 2 is 1.68 bits per heavy atom. The van der Waals surface area contributed by atoms with E-state index in [4.69, 9.17) is 4.74 Å². The van der Waals surface area contributed by atoms with Crippen LogP contribution in [-0.4, -0.2) is 12.7 Å². The summed E-state index contributed by atoms with van der Waals surface area (Å²) in [5.41, 5.74) is 0. The van der Waals surface area contributed by atoms with Crippen LogP contribution in [0, 0.1) is 17.8 Å². The lowest BCUT2D eigenvalue weighted by molar-refractivity contribution is 0.00395.